The Morgan fingerprint density at radius 1 is 1.03 bits per heavy atom. The van der Waals surface area contributed by atoms with E-state index in [0.29, 0.717) is 43.1 Å². The second-order valence-corrected chi connectivity index (χ2v) is 25.8. The van der Waals surface area contributed by atoms with E-state index >= 15 is 0 Å². The molecule has 15 heteroatoms. The lowest BCUT2D eigenvalue weighted by atomic mass is 9.42. The van der Waals surface area contributed by atoms with Crippen molar-refractivity contribution in [3.8, 4) is 0 Å². The van der Waals surface area contributed by atoms with Gasteiger partial charge in [-0.1, -0.05) is 73.3 Å². The summed E-state index contributed by atoms with van der Waals surface area (Å²) in [5, 5.41) is 85.2. The van der Waals surface area contributed by atoms with Gasteiger partial charge in [0.1, 0.15) is 6.23 Å². The van der Waals surface area contributed by atoms with Crippen LogP contribution in [0.3, 0.4) is 0 Å². The number of nitrogens with two attached hydrogens (primary N) is 1. The van der Waals surface area contributed by atoms with Crippen LogP contribution in [0.5, 0.6) is 0 Å². The molecular formula is C51H81N5O8S2. The summed E-state index contributed by atoms with van der Waals surface area (Å²) in [5.41, 5.74) is 6.04. The van der Waals surface area contributed by atoms with Gasteiger partial charge in [0.2, 0.25) is 0 Å². The van der Waals surface area contributed by atoms with Crippen LogP contribution in [-0.4, -0.2) is 118 Å². The molecule has 6 aliphatic carbocycles. The molecule has 6 fully saturated rings. The van der Waals surface area contributed by atoms with E-state index in [4.69, 9.17) is 10.7 Å². The third-order valence-electron chi connectivity index (χ3n) is 18.8. The predicted molar refractivity (Wildman–Crippen MR) is 261 cm³/mol. The minimum atomic E-state index is -1.71. The molecule has 1 aromatic rings. The number of nitrogens with one attached hydrogen (secondary N) is 1. The second kappa shape index (κ2) is 19.7. The number of aliphatic imine (C=N–C) groups is 1. The number of guanidine groups is 1. The monoisotopic (exact) mass is 956 g/mol. The van der Waals surface area contributed by atoms with Gasteiger partial charge < -0.3 is 51.4 Å². The fourth-order valence-corrected chi connectivity index (χ4v) is 19.1. The molecule has 10 N–H and O–H groups in total. The number of carbonyl (C=O) groups excluding carboxylic acids is 1. The Bertz CT molecular complexity index is 1970. The van der Waals surface area contributed by atoms with E-state index in [-0.39, 0.29) is 72.2 Å². The molecule has 1 aliphatic heterocycles. The zero-order valence-electron chi connectivity index (χ0n) is 40.2. The second-order valence-electron chi connectivity index (χ2n) is 23.1. The SMILES string of the molecule is CC(O)NC(N)=NCC1CC2(CO)C3CC(C(CCCO)SSCC(n4ccnc4)CC(C)(C)C(=C4CCCC5(CCCC5)C4)CC(O)C3C)C2(O)C2=CC(=O)C3CC(O)C(O)CC3(C)C21. The van der Waals surface area contributed by atoms with Gasteiger partial charge >= 0.3 is 0 Å². The molecule has 8 rings (SSSR count). The smallest absolute Gasteiger partial charge is 0.190 e. The van der Waals surface area contributed by atoms with Gasteiger partial charge in [-0.2, -0.15) is 0 Å². The summed E-state index contributed by atoms with van der Waals surface area (Å²) in [6, 6.07) is 0.0892. The number of carbonyl (C=O) groups is 1. The highest BCUT2D eigenvalue weighted by Crippen LogP contribution is 2.73. The lowest BCUT2D eigenvalue weighted by Crippen LogP contribution is -2.67. The summed E-state index contributed by atoms with van der Waals surface area (Å²) in [6.45, 7) is 10.2. The molecule has 1 aromatic heterocycles. The number of fused-ring (bicyclic) bond motifs is 9. The molecule has 0 aromatic carbocycles. The van der Waals surface area contributed by atoms with Crippen LogP contribution in [0.2, 0.25) is 0 Å². The molecule has 7 aliphatic rings. The number of imidazole rings is 1. The third kappa shape index (κ3) is 9.03. The van der Waals surface area contributed by atoms with E-state index in [2.05, 4.69) is 41.8 Å². The summed E-state index contributed by atoms with van der Waals surface area (Å²) >= 11 is 0. The van der Waals surface area contributed by atoms with Crippen molar-refractivity contribution in [2.75, 3.05) is 25.5 Å². The first-order valence-corrected chi connectivity index (χ1v) is 27.7. The molecule has 15 unspecified atom stereocenters. The normalized spacial score (nSPS) is 43.3. The fourth-order valence-electron chi connectivity index (χ4n) is 15.8. The quantitative estimate of drug-likeness (QED) is 0.0475. The molecule has 0 amide bonds. The number of nitrogens with zero attached hydrogens (tertiary/aromatic N) is 3. The Labute approximate surface area is 400 Å². The standard InChI is InChI=1S/C51H81N5O8S2/c1-30-35-18-38(51(64)39-21-41(61)37-20-42(62)43(63)25-48(37,5)45(39)33(23-50(35,51)28-58)26-54-46(52)55-31(2)59)44(11-9-17-57)66-65-27-34(56-16-15-53-29-56)24-47(3,4)36(19-40(30)60)32-10-8-14-49(22-32)12-6-7-13-49/h15-16,21,29-31,33-35,37-38,40,42-45,57-60,62-64H,6-14,17-20,22-28H2,1-5H3,(H3,52,54,55). The highest BCUT2D eigenvalue weighted by atomic mass is 33.1. The van der Waals surface area contributed by atoms with E-state index in [9.17, 15) is 40.5 Å². The van der Waals surface area contributed by atoms with Crippen molar-refractivity contribution in [2.45, 2.75) is 179 Å². The number of allylic oxidation sites excluding steroid dienone is 2. The summed E-state index contributed by atoms with van der Waals surface area (Å²) < 4.78 is 2.23. The summed E-state index contributed by atoms with van der Waals surface area (Å²) in [7, 11) is 3.53. The van der Waals surface area contributed by atoms with Crippen molar-refractivity contribution in [3.63, 3.8) is 0 Å². The van der Waals surface area contributed by atoms with Crippen molar-refractivity contribution in [1.29, 1.82) is 0 Å². The Kier molecular flexibility index (Phi) is 15.0. The largest absolute Gasteiger partial charge is 0.396 e. The van der Waals surface area contributed by atoms with Crippen molar-refractivity contribution in [3.05, 3.63) is 41.5 Å². The average molecular weight is 956 g/mol. The van der Waals surface area contributed by atoms with Crippen LogP contribution in [0.4, 0.5) is 0 Å². The van der Waals surface area contributed by atoms with E-state index < -0.39 is 65.3 Å². The van der Waals surface area contributed by atoms with Crippen molar-refractivity contribution in [2.24, 2.45) is 67.9 Å². The summed E-state index contributed by atoms with van der Waals surface area (Å²) in [5.74, 6) is -2.06. The maximum absolute atomic E-state index is 14.7. The lowest BCUT2D eigenvalue weighted by molar-refractivity contribution is -0.183. The summed E-state index contributed by atoms with van der Waals surface area (Å²) in [6.07, 6.45) is 16.6. The van der Waals surface area contributed by atoms with Crippen molar-refractivity contribution in [1.82, 2.24) is 14.9 Å². The maximum atomic E-state index is 14.7. The summed E-state index contributed by atoms with van der Waals surface area (Å²) in [4.78, 5) is 24.0. The molecule has 5 saturated carbocycles. The minimum Gasteiger partial charge on any atom is -0.396 e. The van der Waals surface area contributed by atoms with Gasteiger partial charge in [0.25, 0.3) is 0 Å². The first kappa shape index (κ1) is 50.4. The average Bonchev–Trinajstić information content (AvgIpc) is 4.02. The van der Waals surface area contributed by atoms with Gasteiger partial charge in [-0.15, -0.1) is 0 Å². The highest BCUT2D eigenvalue weighted by molar-refractivity contribution is 8.76. The number of rotatable bonds is 8. The molecule has 2 bridgehead atoms. The molecule has 370 valence electrons. The van der Waals surface area contributed by atoms with Crippen molar-refractivity contribution < 1.29 is 40.5 Å². The van der Waals surface area contributed by atoms with Gasteiger partial charge in [-0.25, -0.2) is 4.98 Å². The van der Waals surface area contributed by atoms with Crippen LogP contribution in [0.15, 0.2) is 46.5 Å². The zero-order chi connectivity index (χ0) is 47.4. The molecule has 66 heavy (non-hydrogen) atoms. The maximum Gasteiger partial charge on any atom is 0.190 e. The minimum absolute atomic E-state index is 0.0209. The number of ketones is 1. The fraction of sp³-hybridized carbons (Fsp3) is 0.824. The van der Waals surface area contributed by atoms with Crippen LogP contribution in [-0.2, 0) is 4.79 Å². The van der Waals surface area contributed by atoms with Crippen LogP contribution in [0.1, 0.15) is 143 Å². The number of aliphatic hydroxyl groups is 7. The van der Waals surface area contributed by atoms with Gasteiger partial charge in [0, 0.05) is 59.8 Å². The number of hydrogen-bond acceptors (Lipinski definition) is 12. The molecular weight excluding hydrogens is 875 g/mol. The van der Waals surface area contributed by atoms with E-state index in [0.717, 1.165) is 31.4 Å². The Balaban J connectivity index is 1.30. The predicted octanol–water partition coefficient (Wildman–Crippen LogP) is 6.07. The van der Waals surface area contributed by atoms with E-state index in [1.807, 2.05) is 19.4 Å². The number of aromatic nitrogens is 2. The van der Waals surface area contributed by atoms with E-state index in [1.165, 1.54) is 43.3 Å². The molecule has 1 saturated heterocycles. The molecule has 2 heterocycles. The topological polar surface area (TPSA) is 227 Å². The van der Waals surface area contributed by atoms with Gasteiger partial charge in [0.15, 0.2) is 11.7 Å². The molecule has 15 atom stereocenters. The first-order valence-electron chi connectivity index (χ1n) is 25.3. The Morgan fingerprint density at radius 3 is 2.45 bits per heavy atom. The molecule has 0 radical (unpaired) electrons. The van der Waals surface area contributed by atoms with Gasteiger partial charge in [-0.05, 0) is 148 Å². The van der Waals surface area contributed by atoms with Crippen LogP contribution < -0.4 is 11.1 Å². The molecule has 13 nitrogen and oxygen atoms in total. The van der Waals surface area contributed by atoms with Gasteiger partial charge in [-0.3, -0.25) is 9.79 Å². The molecule has 1 spiro atoms. The highest BCUT2D eigenvalue weighted by Gasteiger charge is 2.74. The lowest BCUT2D eigenvalue weighted by Gasteiger charge is -2.64. The van der Waals surface area contributed by atoms with Crippen LogP contribution in [0, 0.1) is 57.2 Å². The van der Waals surface area contributed by atoms with Gasteiger partial charge in [0.05, 0.1) is 36.8 Å². The number of aliphatic hydroxyl groups excluding tert-OH is 6. The van der Waals surface area contributed by atoms with Crippen LogP contribution >= 0.6 is 21.6 Å². The first-order chi connectivity index (χ1) is 31.3. The van der Waals surface area contributed by atoms with Crippen LogP contribution in [0.25, 0.3) is 0 Å². The number of hydrogen-bond donors (Lipinski definition) is 9. The Morgan fingerprint density at radius 2 is 1.77 bits per heavy atom. The Hall–Kier alpha value is -1.95. The van der Waals surface area contributed by atoms with Crippen molar-refractivity contribution >= 4 is 33.3 Å². The van der Waals surface area contributed by atoms with E-state index in [1.54, 1.807) is 34.6 Å². The third-order valence-corrected chi connectivity index (χ3v) is 21.8. The zero-order valence-corrected chi connectivity index (χ0v) is 41.8.